The van der Waals surface area contributed by atoms with E-state index < -0.39 is 0 Å². The Morgan fingerprint density at radius 3 is 2.31 bits per heavy atom. The minimum Gasteiger partial charge on any atom is -0.296 e. The van der Waals surface area contributed by atoms with E-state index in [4.69, 9.17) is 12.2 Å². The maximum Gasteiger partial charge on any atom is 0.267 e. The second kappa shape index (κ2) is 4.72. The summed E-state index contributed by atoms with van der Waals surface area (Å²) >= 11 is 9.59. The smallest absolute Gasteiger partial charge is 0.267 e. The first kappa shape index (κ1) is 11.4. The fraction of sp³-hybridized carbons (Fsp3) is 0.429. The average Bonchev–Trinajstić information content (AvgIpc) is 2.36. The zero-order chi connectivity index (χ0) is 10.0. The third-order valence-electron chi connectivity index (χ3n) is 1.52. The summed E-state index contributed by atoms with van der Waals surface area (Å²) in [5.74, 6) is 0.0219. The summed E-state index contributed by atoms with van der Waals surface area (Å²) < 4.78 is 1.68. The van der Waals surface area contributed by atoms with Gasteiger partial charge in [-0.15, -0.1) is 23.5 Å². The standard InChI is InChI=1S/C7H9NOS4/c1-8-5(9)4(13-7(8)10)6(11-2)12-3/h1-3H3. The molecule has 1 fully saturated rings. The zero-order valence-electron chi connectivity index (χ0n) is 7.49. The Morgan fingerprint density at radius 1 is 1.46 bits per heavy atom. The molecule has 13 heavy (non-hydrogen) atoms. The van der Waals surface area contributed by atoms with Crippen LogP contribution in [0.5, 0.6) is 0 Å². The van der Waals surface area contributed by atoms with Gasteiger partial charge in [-0.05, 0) is 12.5 Å². The normalized spacial score (nSPS) is 17.2. The highest BCUT2D eigenvalue weighted by Crippen LogP contribution is 2.39. The molecular formula is C7H9NOS4. The van der Waals surface area contributed by atoms with Gasteiger partial charge in [-0.25, -0.2) is 0 Å². The molecule has 1 aliphatic rings. The molecular weight excluding hydrogens is 242 g/mol. The van der Waals surface area contributed by atoms with Crippen molar-refractivity contribution < 1.29 is 4.79 Å². The minimum absolute atomic E-state index is 0.0219. The number of thiocarbonyl (C=S) groups is 1. The summed E-state index contributed by atoms with van der Waals surface area (Å²) in [7, 11) is 1.71. The van der Waals surface area contributed by atoms with Crippen molar-refractivity contribution in [2.75, 3.05) is 19.6 Å². The van der Waals surface area contributed by atoms with Crippen LogP contribution in [0.2, 0.25) is 0 Å². The van der Waals surface area contributed by atoms with Gasteiger partial charge < -0.3 is 0 Å². The predicted molar refractivity (Wildman–Crippen MR) is 67.0 cm³/mol. The Morgan fingerprint density at radius 2 is 2.00 bits per heavy atom. The lowest BCUT2D eigenvalue weighted by atomic mass is 10.5. The van der Waals surface area contributed by atoms with Crippen LogP contribution in [0.15, 0.2) is 9.14 Å². The van der Waals surface area contributed by atoms with E-state index in [9.17, 15) is 4.79 Å². The van der Waals surface area contributed by atoms with E-state index >= 15 is 0 Å². The molecule has 0 bridgehead atoms. The fourth-order valence-electron chi connectivity index (χ4n) is 0.832. The number of hydrogen-bond acceptors (Lipinski definition) is 5. The SMILES string of the molecule is CSC(SC)=C1SC(=S)N(C)C1=O. The quantitative estimate of drug-likeness (QED) is 0.553. The molecule has 1 rings (SSSR count). The summed E-state index contributed by atoms with van der Waals surface area (Å²) in [6.45, 7) is 0. The summed E-state index contributed by atoms with van der Waals surface area (Å²) in [5, 5.41) is 0. The molecule has 2 nitrogen and oxygen atoms in total. The van der Waals surface area contributed by atoms with Crippen LogP contribution in [0.3, 0.4) is 0 Å². The predicted octanol–water partition coefficient (Wildman–Crippen LogP) is 2.37. The van der Waals surface area contributed by atoms with E-state index in [1.54, 1.807) is 30.6 Å². The number of carbonyl (C=O) groups is 1. The summed E-state index contributed by atoms with van der Waals surface area (Å²) in [4.78, 5) is 13.9. The van der Waals surface area contributed by atoms with Gasteiger partial charge in [0.05, 0.1) is 9.14 Å². The van der Waals surface area contributed by atoms with Crippen molar-refractivity contribution in [3.8, 4) is 0 Å². The Labute approximate surface area is 95.9 Å². The van der Waals surface area contributed by atoms with E-state index in [1.807, 2.05) is 12.5 Å². The molecule has 1 heterocycles. The lowest BCUT2D eigenvalue weighted by molar-refractivity contribution is -0.121. The monoisotopic (exact) mass is 251 g/mol. The molecule has 6 heteroatoms. The van der Waals surface area contributed by atoms with Crippen molar-refractivity contribution in [3.63, 3.8) is 0 Å². The zero-order valence-corrected chi connectivity index (χ0v) is 10.8. The Kier molecular flexibility index (Phi) is 4.15. The van der Waals surface area contributed by atoms with E-state index in [0.717, 1.165) is 9.14 Å². The van der Waals surface area contributed by atoms with Crippen molar-refractivity contribution in [2.24, 2.45) is 0 Å². The number of rotatable bonds is 2. The van der Waals surface area contributed by atoms with Gasteiger partial charge >= 0.3 is 0 Å². The summed E-state index contributed by atoms with van der Waals surface area (Å²) in [6.07, 6.45) is 3.93. The number of likely N-dealkylation sites (N-methyl/N-ethyl adjacent to an activating group) is 1. The highest BCUT2D eigenvalue weighted by Gasteiger charge is 2.31. The molecule has 0 atom stereocenters. The molecule has 0 spiro atoms. The second-order valence-corrected chi connectivity index (χ2v) is 5.79. The van der Waals surface area contributed by atoms with Crippen LogP contribution in [-0.4, -0.2) is 34.7 Å². The van der Waals surface area contributed by atoms with Crippen molar-refractivity contribution in [2.45, 2.75) is 0 Å². The van der Waals surface area contributed by atoms with E-state index in [0.29, 0.717) is 4.32 Å². The lowest BCUT2D eigenvalue weighted by Gasteiger charge is -2.04. The van der Waals surface area contributed by atoms with Gasteiger partial charge in [0, 0.05) is 7.05 Å². The number of carbonyl (C=O) groups excluding carboxylic acids is 1. The van der Waals surface area contributed by atoms with Gasteiger partial charge in [-0.3, -0.25) is 9.69 Å². The number of thioether (sulfide) groups is 3. The Balaban J connectivity index is 3.02. The fourth-order valence-corrected chi connectivity index (χ4v) is 3.83. The summed E-state index contributed by atoms with van der Waals surface area (Å²) in [6, 6.07) is 0. The van der Waals surface area contributed by atoms with Crippen molar-refractivity contribution in [3.05, 3.63) is 9.14 Å². The number of nitrogens with zero attached hydrogens (tertiary/aromatic N) is 1. The molecule has 0 radical (unpaired) electrons. The maximum atomic E-state index is 11.6. The molecule has 0 aromatic heterocycles. The third kappa shape index (κ3) is 2.23. The summed E-state index contributed by atoms with van der Waals surface area (Å²) in [5.41, 5.74) is 0. The first-order chi connectivity index (χ1) is 6.11. The molecule has 0 N–H and O–H groups in total. The van der Waals surface area contributed by atoms with Crippen LogP contribution in [-0.2, 0) is 4.79 Å². The topological polar surface area (TPSA) is 20.3 Å². The third-order valence-corrected chi connectivity index (χ3v) is 5.48. The van der Waals surface area contributed by atoms with Crippen LogP contribution >= 0.6 is 47.5 Å². The molecule has 1 aliphatic heterocycles. The lowest BCUT2D eigenvalue weighted by Crippen LogP contribution is -2.22. The number of hydrogen-bond donors (Lipinski definition) is 0. The first-order valence-corrected chi connectivity index (χ1v) is 7.11. The average molecular weight is 251 g/mol. The Bertz CT molecular complexity index is 280. The van der Waals surface area contributed by atoms with E-state index in [1.165, 1.54) is 16.7 Å². The van der Waals surface area contributed by atoms with Crippen LogP contribution in [0, 0.1) is 0 Å². The van der Waals surface area contributed by atoms with Crippen molar-refractivity contribution in [1.82, 2.24) is 4.90 Å². The van der Waals surface area contributed by atoms with Crippen LogP contribution in [0.1, 0.15) is 0 Å². The van der Waals surface area contributed by atoms with Crippen LogP contribution < -0.4 is 0 Å². The van der Waals surface area contributed by atoms with Gasteiger partial charge in [-0.1, -0.05) is 24.0 Å². The molecule has 0 aliphatic carbocycles. The van der Waals surface area contributed by atoms with E-state index in [-0.39, 0.29) is 5.91 Å². The molecule has 0 aromatic rings. The van der Waals surface area contributed by atoms with Gasteiger partial charge in [0.25, 0.3) is 5.91 Å². The van der Waals surface area contributed by atoms with Gasteiger partial charge in [0.15, 0.2) is 0 Å². The van der Waals surface area contributed by atoms with Crippen LogP contribution in [0.25, 0.3) is 0 Å². The second-order valence-electron chi connectivity index (χ2n) is 2.26. The van der Waals surface area contributed by atoms with Gasteiger partial charge in [0.2, 0.25) is 0 Å². The van der Waals surface area contributed by atoms with E-state index in [2.05, 4.69) is 0 Å². The van der Waals surface area contributed by atoms with Crippen LogP contribution in [0.4, 0.5) is 0 Å². The molecule has 72 valence electrons. The molecule has 1 amide bonds. The Hall–Kier alpha value is 0.350. The number of amides is 1. The first-order valence-electron chi connectivity index (χ1n) is 3.44. The van der Waals surface area contributed by atoms with Gasteiger partial charge in [0.1, 0.15) is 4.32 Å². The minimum atomic E-state index is 0.0219. The molecule has 0 unspecified atom stereocenters. The highest BCUT2D eigenvalue weighted by atomic mass is 32.2. The van der Waals surface area contributed by atoms with Crippen molar-refractivity contribution in [1.29, 1.82) is 0 Å². The van der Waals surface area contributed by atoms with Crippen molar-refractivity contribution >= 4 is 57.7 Å². The van der Waals surface area contributed by atoms with Gasteiger partial charge in [-0.2, -0.15) is 0 Å². The molecule has 1 saturated heterocycles. The highest BCUT2D eigenvalue weighted by molar-refractivity contribution is 8.29. The maximum absolute atomic E-state index is 11.6. The molecule has 0 aromatic carbocycles. The largest absolute Gasteiger partial charge is 0.296 e. The molecule has 0 saturated carbocycles.